The van der Waals surface area contributed by atoms with Crippen LogP contribution >= 0.6 is 0 Å². The predicted octanol–water partition coefficient (Wildman–Crippen LogP) is 2.89. The van der Waals surface area contributed by atoms with Crippen LogP contribution in [0.4, 0.5) is 0 Å². The summed E-state index contributed by atoms with van der Waals surface area (Å²) in [5.74, 6) is 1.39. The third-order valence-corrected chi connectivity index (χ3v) is 3.93. The molecule has 2 rings (SSSR count). The first-order chi connectivity index (χ1) is 14.5. The number of ether oxygens (including phenoxy) is 4. The fourth-order valence-electron chi connectivity index (χ4n) is 2.67. The molecule has 0 aliphatic heterocycles. The third kappa shape index (κ3) is 6.23. The summed E-state index contributed by atoms with van der Waals surface area (Å²) in [6.07, 6.45) is 3.85. The van der Waals surface area contributed by atoms with E-state index in [0.29, 0.717) is 35.3 Å². The molecule has 0 radical (unpaired) electrons. The smallest absolute Gasteiger partial charge is 0.213 e. The van der Waals surface area contributed by atoms with Crippen molar-refractivity contribution in [1.82, 2.24) is 9.97 Å². The maximum Gasteiger partial charge on any atom is 0.213 e. The van der Waals surface area contributed by atoms with Gasteiger partial charge in [0, 0.05) is 37.6 Å². The van der Waals surface area contributed by atoms with Gasteiger partial charge in [-0.25, -0.2) is 9.98 Å². The van der Waals surface area contributed by atoms with Gasteiger partial charge in [-0.1, -0.05) is 6.07 Å². The molecular weight excluding hydrogens is 386 g/mol. The molecule has 0 aromatic carbocycles. The molecule has 0 amide bonds. The van der Waals surface area contributed by atoms with E-state index in [1.807, 2.05) is 32.9 Å². The summed E-state index contributed by atoms with van der Waals surface area (Å²) in [6.45, 7) is 6.49. The van der Waals surface area contributed by atoms with Crippen molar-refractivity contribution in [2.24, 2.45) is 15.7 Å². The predicted molar refractivity (Wildman–Crippen MR) is 115 cm³/mol. The molecule has 0 aliphatic rings. The van der Waals surface area contributed by atoms with Crippen LogP contribution in [0.3, 0.4) is 0 Å². The van der Waals surface area contributed by atoms with E-state index in [1.54, 1.807) is 32.7 Å². The Labute approximate surface area is 177 Å². The minimum Gasteiger partial charge on any atom is -0.487 e. The molecule has 162 valence electrons. The molecule has 2 aromatic rings. The summed E-state index contributed by atoms with van der Waals surface area (Å²) in [5.41, 5.74) is 7.58. The normalized spacial score (nSPS) is 13.1. The topological polar surface area (TPSA) is 113 Å². The lowest BCUT2D eigenvalue weighted by Crippen LogP contribution is -2.13. The largest absolute Gasteiger partial charge is 0.487 e. The van der Waals surface area contributed by atoms with Crippen LogP contribution in [-0.4, -0.2) is 49.0 Å². The van der Waals surface area contributed by atoms with Gasteiger partial charge in [0.25, 0.3) is 0 Å². The van der Waals surface area contributed by atoms with Crippen molar-refractivity contribution in [2.45, 2.75) is 39.7 Å². The van der Waals surface area contributed by atoms with Crippen molar-refractivity contribution in [3.05, 3.63) is 47.4 Å². The lowest BCUT2D eigenvalue weighted by atomic mass is 10.2. The van der Waals surface area contributed by atoms with Gasteiger partial charge in [0.2, 0.25) is 5.88 Å². The Morgan fingerprint density at radius 2 is 2.07 bits per heavy atom. The number of rotatable bonds is 10. The fourth-order valence-corrected chi connectivity index (χ4v) is 2.67. The molecule has 9 nitrogen and oxygen atoms in total. The number of aliphatic imine (C=N–C) groups is 2. The molecule has 0 saturated carbocycles. The quantitative estimate of drug-likeness (QED) is 0.360. The summed E-state index contributed by atoms with van der Waals surface area (Å²) in [5, 5.41) is 0. The highest BCUT2D eigenvalue weighted by Gasteiger charge is 2.19. The molecule has 1 unspecified atom stereocenters. The summed E-state index contributed by atoms with van der Waals surface area (Å²) in [6, 6.07) is 5.49. The van der Waals surface area contributed by atoms with Crippen LogP contribution in [0.5, 0.6) is 11.6 Å². The minimum atomic E-state index is -0.616. The minimum absolute atomic E-state index is 0.0329. The van der Waals surface area contributed by atoms with Crippen molar-refractivity contribution in [1.29, 1.82) is 0 Å². The number of aromatic nitrogens is 2. The van der Waals surface area contributed by atoms with Crippen molar-refractivity contribution in [2.75, 3.05) is 20.8 Å². The van der Waals surface area contributed by atoms with E-state index < -0.39 is 6.29 Å². The van der Waals surface area contributed by atoms with Gasteiger partial charge in [-0.15, -0.1) is 0 Å². The average Bonchev–Trinajstić information content (AvgIpc) is 2.75. The Balaban J connectivity index is 2.36. The molecule has 2 aromatic heterocycles. The summed E-state index contributed by atoms with van der Waals surface area (Å²) in [7, 11) is 3.11. The number of nitrogens with zero attached hydrogens (tertiary/aromatic N) is 4. The number of methoxy groups -OCH3 is 2. The zero-order chi connectivity index (χ0) is 21.9. The number of hydrogen-bond donors (Lipinski definition) is 1. The summed E-state index contributed by atoms with van der Waals surface area (Å²) >= 11 is 0. The van der Waals surface area contributed by atoms with Gasteiger partial charge in [0.05, 0.1) is 25.2 Å². The lowest BCUT2D eigenvalue weighted by Gasteiger charge is -2.20. The molecular formula is C21H29N5O4. The van der Waals surface area contributed by atoms with Crippen LogP contribution in [0.2, 0.25) is 0 Å². The molecule has 2 heterocycles. The van der Waals surface area contributed by atoms with Crippen molar-refractivity contribution >= 4 is 12.2 Å². The summed E-state index contributed by atoms with van der Waals surface area (Å²) < 4.78 is 22.4. The first-order valence-electron chi connectivity index (χ1n) is 9.61. The molecule has 1 atom stereocenters. The van der Waals surface area contributed by atoms with Crippen LogP contribution in [-0.2, 0) is 16.1 Å². The highest BCUT2D eigenvalue weighted by Crippen LogP contribution is 2.31. The summed E-state index contributed by atoms with van der Waals surface area (Å²) in [4.78, 5) is 17.3. The highest BCUT2D eigenvalue weighted by atomic mass is 16.7. The Hall–Kier alpha value is -3.04. The van der Waals surface area contributed by atoms with Crippen molar-refractivity contribution < 1.29 is 18.9 Å². The van der Waals surface area contributed by atoms with Gasteiger partial charge in [-0.05, 0) is 26.8 Å². The molecule has 0 fully saturated rings. The monoisotopic (exact) mass is 415 g/mol. The van der Waals surface area contributed by atoms with E-state index >= 15 is 0 Å². The Morgan fingerprint density at radius 3 is 2.70 bits per heavy atom. The van der Waals surface area contributed by atoms with E-state index in [-0.39, 0.29) is 12.6 Å². The number of nitrogens with two attached hydrogens (primary N) is 1. The molecule has 30 heavy (non-hydrogen) atoms. The SMILES string of the molecule is CCOC(OC)c1cc(OC)ncc1OCc1cccnc1C(N=CN)=NC(C)C. The van der Waals surface area contributed by atoms with Gasteiger partial charge in [0.1, 0.15) is 18.1 Å². The van der Waals surface area contributed by atoms with E-state index in [1.165, 1.54) is 6.34 Å². The van der Waals surface area contributed by atoms with Gasteiger partial charge < -0.3 is 24.7 Å². The van der Waals surface area contributed by atoms with E-state index in [2.05, 4.69) is 20.0 Å². The van der Waals surface area contributed by atoms with Gasteiger partial charge in [-0.3, -0.25) is 9.98 Å². The molecule has 0 saturated heterocycles. The van der Waals surface area contributed by atoms with Crippen molar-refractivity contribution in [3.8, 4) is 11.6 Å². The number of amidine groups is 1. The molecule has 0 bridgehead atoms. The third-order valence-electron chi connectivity index (χ3n) is 3.93. The second kappa shape index (κ2) is 11.8. The highest BCUT2D eigenvalue weighted by molar-refractivity contribution is 6.02. The first kappa shape index (κ1) is 23.2. The Morgan fingerprint density at radius 1 is 1.27 bits per heavy atom. The van der Waals surface area contributed by atoms with Gasteiger partial charge >= 0.3 is 0 Å². The number of pyridine rings is 2. The van der Waals surface area contributed by atoms with Gasteiger partial charge in [0.15, 0.2) is 12.1 Å². The second-order valence-electron chi connectivity index (χ2n) is 6.41. The van der Waals surface area contributed by atoms with Crippen molar-refractivity contribution in [3.63, 3.8) is 0 Å². The van der Waals surface area contributed by atoms with E-state index in [4.69, 9.17) is 24.7 Å². The average molecular weight is 415 g/mol. The standard InChI is InChI=1S/C21H29N5O4/c1-6-29-21(28-5)16-10-18(27-4)24-11-17(16)30-12-15-8-7-9-23-19(15)20(25-13-22)26-14(2)3/h7-11,13-14,21H,6,12H2,1-5H3,(H2,22,25,26). The zero-order valence-corrected chi connectivity index (χ0v) is 18.0. The maximum absolute atomic E-state index is 6.07. The van der Waals surface area contributed by atoms with Crippen LogP contribution < -0.4 is 15.2 Å². The number of hydrogen-bond acceptors (Lipinski definition) is 7. The first-order valence-corrected chi connectivity index (χ1v) is 9.61. The van der Waals surface area contributed by atoms with E-state index in [0.717, 1.165) is 5.56 Å². The van der Waals surface area contributed by atoms with E-state index in [9.17, 15) is 0 Å². The molecule has 9 heteroatoms. The van der Waals surface area contributed by atoms with Gasteiger partial charge in [-0.2, -0.15) is 0 Å². The molecule has 0 spiro atoms. The fraction of sp³-hybridized carbons (Fsp3) is 0.429. The molecule has 2 N–H and O–H groups in total. The second-order valence-corrected chi connectivity index (χ2v) is 6.41. The van der Waals surface area contributed by atoms with Crippen LogP contribution in [0.15, 0.2) is 40.6 Å². The Bertz CT molecular complexity index is 870. The van der Waals surface area contributed by atoms with Crippen LogP contribution in [0.25, 0.3) is 0 Å². The Kier molecular flexibility index (Phi) is 9.17. The van der Waals surface area contributed by atoms with Crippen LogP contribution in [0, 0.1) is 0 Å². The maximum atomic E-state index is 6.07. The lowest BCUT2D eigenvalue weighted by molar-refractivity contribution is -0.125. The molecule has 0 aliphatic carbocycles. The van der Waals surface area contributed by atoms with Crippen LogP contribution in [0.1, 0.15) is 43.9 Å². The zero-order valence-electron chi connectivity index (χ0n) is 18.0.